The fraction of sp³-hybridized carbons (Fsp3) is 0.385. The topological polar surface area (TPSA) is 74.6 Å². The first-order valence-corrected chi connectivity index (χ1v) is 11.6. The SMILES string of the molecule is Cl.O=C(N[C@H]1CN2CCC1CC2)c1cc2cccc(-c3cccc(NC(=O)C4CC4)c3)c2o1. The van der Waals surface area contributed by atoms with Crippen molar-refractivity contribution in [3.05, 3.63) is 54.3 Å². The molecule has 7 heteroatoms. The van der Waals surface area contributed by atoms with E-state index in [0.29, 0.717) is 17.3 Å². The molecule has 7 rings (SSSR count). The molecular weight excluding hydrogens is 438 g/mol. The van der Waals surface area contributed by atoms with E-state index >= 15 is 0 Å². The lowest BCUT2D eigenvalue weighted by atomic mass is 9.84. The highest BCUT2D eigenvalue weighted by Gasteiger charge is 2.35. The van der Waals surface area contributed by atoms with Crippen LogP contribution < -0.4 is 10.6 Å². The molecule has 2 N–H and O–H groups in total. The highest BCUT2D eigenvalue weighted by molar-refractivity contribution is 6.01. The van der Waals surface area contributed by atoms with E-state index in [4.69, 9.17) is 4.42 Å². The average molecular weight is 466 g/mol. The summed E-state index contributed by atoms with van der Waals surface area (Å²) in [6.45, 7) is 3.22. The van der Waals surface area contributed by atoms with Gasteiger partial charge in [-0.3, -0.25) is 9.59 Å². The van der Waals surface area contributed by atoms with Crippen LogP contribution in [0.15, 0.2) is 52.9 Å². The molecule has 0 spiro atoms. The number of furan rings is 1. The van der Waals surface area contributed by atoms with E-state index in [0.717, 1.165) is 67.5 Å². The van der Waals surface area contributed by atoms with Gasteiger partial charge in [-0.1, -0.05) is 30.3 Å². The Labute approximate surface area is 199 Å². The molecule has 1 aliphatic carbocycles. The van der Waals surface area contributed by atoms with Crippen molar-refractivity contribution < 1.29 is 14.0 Å². The maximum Gasteiger partial charge on any atom is 0.287 e. The highest BCUT2D eigenvalue weighted by atomic mass is 35.5. The molecule has 4 aliphatic rings. The number of para-hydroxylation sites is 1. The Morgan fingerprint density at radius 3 is 2.48 bits per heavy atom. The fourth-order valence-corrected chi connectivity index (χ4v) is 5.12. The average Bonchev–Trinajstić information content (AvgIpc) is 3.58. The first kappa shape index (κ1) is 22.0. The first-order chi connectivity index (χ1) is 15.6. The second-order valence-electron chi connectivity index (χ2n) is 9.40. The summed E-state index contributed by atoms with van der Waals surface area (Å²) in [6, 6.07) is 15.7. The summed E-state index contributed by atoms with van der Waals surface area (Å²) in [4.78, 5) is 27.6. The molecule has 3 aliphatic heterocycles. The Morgan fingerprint density at radius 2 is 1.76 bits per heavy atom. The fourth-order valence-electron chi connectivity index (χ4n) is 5.12. The largest absolute Gasteiger partial charge is 0.450 e. The van der Waals surface area contributed by atoms with E-state index in [9.17, 15) is 9.59 Å². The minimum atomic E-state index is -0.142. The van der Waals surface area contributed by atoms with Gasteiger partial charge < -0.3 is 20.0 Å². The van der Waals surface area contributed by atoms with Crippen molar-refractivity contribution in [2.24, 2.45) is 11.8 Å². The van der Waals surface area contributed by atoms with Crippen molar-refractivity contribution in [1.82, 2.24) is 10.2 Å². The van der Waals surface area contributed by atoms with E-state index in [1.54, 1.807) is 0 Å². The summed E-state index contributed by atoms with van der Waals surface area (Å²) < 4.78 is 6.09. The Kier molecular flexibility index (Phi) is 5.89. The third-order valence-corrected chi connectivity index (χ3v) is 7.13. The third kappa shape index (κ3) is 4.37. The summed E-state index contributed by atoms with van der Waals surface area (Å²) in [5, 5.41) is 7.12. The quantitative estimate of drug-likeness (QED) is 0.573. The van der Waals surface area contributed by atoms with Crippen LogP contribution in [0.4, 0.5) is 5.69 Å². The number of piperidine rings is 3. The summed E-state index contributed by atoms with van der Waals surface area (Å²) >= 11 is 0. The molecule has 0 unspecified atom stereocenters. The van der Waals surface area contributed by atoms with Crippen molar-refractivity contribution in [3.8, 4) is 11.1 Å². The molecule has 1 atom stereocenters. The van der Waals surface area contributed by atoms with Crippen molar-refractivity contribution >= 4 is 40.9 Å². The van der Waals surface area contributed by atoms with Gasteiger partial charge in [-0.05, 0) is 68.5 Å². The maximum absolute atomic E-state index is 13.0. The van der Waals surface area contributed by atoms with Crippen LogP contribution in [0.2, 0.25) is 0 Å². The van der Waals surface area contributed by atoms with E-state index < -0.39 is 0 Å². The number of fused-ring (bicyclic) bond motifs is 4. The smallest absolute Gasteiger partial charge is 0.287 e. The number of nitrogens with zero attached hydrogens (tertiary/aromatic N) is 1. The Hall–Kier alpha value is -2.83. The minimum absolute atomic E-state index is 0. The number of anilines is 1. The second kappa shape index (κ2) is 8.84. The lowest BCUT2D eigenvalue weighted by Crippen LogP contribution is -2.57. The normalized spacial score (nSPS) is 23.7. The van der Waals surface area contributed by atoms with Gasteiger partial charge in [0.2, 0.25) is 5.91 Å². The molecule has 3 saturated heterocycles. The predicted molar refractivity (Wildman–Crippen MR) is 131 cm³/mol. The number of carbonyl (C=O) groups excluding carboxylic acids is 2. The first-order valence-electron chi connectivity index (χ1n) is 11.6. The van der Waals surface area contributed by atoms with Gasteiger partial charge >= 0.3 is 0 Å². The zero-order chi connectivity index (χ0) is 21.7. The Balaban J connectivity index is 0.00000228. The maximum atomic E-state index is 13.0. The molecule has 2 bridgehead atoms. The second-order valence-corrected chi connectivity index (χ2v) is 9.40. The summed E-state index contributed by atoms with van der Waals surface area (Å²) in [7, 11) is 0. The van der Waals surface area contributed by atoms with E-state index in [2.05, 4.69) is 15.5 Å². The van der Waals surface area contributed by atoms with Crippen LogP contribution in [0.3, 0.4) is 0 Å². The van der Waals surface area contributed by atoms with Crippen LogP contribution >= 0.6 is 12.4 Å². The van der Waals surface area contributed by atoms with E-state index in [-0.39, 0.29) is 36.2 Å². The highest BCUT2D eigenvalue weighted by Crippen LogP contribution is 2.34. The van der Waals surface area contributed by atoms with Gasteiger partial charge in [0.05, 0.1) is 0 Å². The molecule has 2 amide bonds. The predicted octanol–water partition coefficient (Wildman–Crippen LogP) is 4.69. The Morgan fingerprint density at radius 1 is 0.970 bits per heavy atom. The van der Waals surface area contributed by atoms with Gasteiger partial charge in [0.1, 0.15) is 5.58 Å². The number of hydrogen-bond acceptors (Lipinski definition) is 4. The monoisotopic (exact) mass is 465 g/mol. The molecule has 0 radical (unpaired) electrons. The number of nitrogens with one attached hydrogen (secondary N) is 2. The number of benzene rings is 2. The van der Waals surface area contributed by atoms with Gasteiger partial charge in [0, 0.05) is 35.1 Å². The van der Waals surface area contributed by atoms with Crippen LogP contribution in [-0.4, -0.2) is 42.4 Å². The molecule has 1 aromatic heterocycles. The number of carbonyl (C=O) groups is 2. The van der Waals surface area contributed by atoms with Crippen molar-refractivity contribution in [2.75, 3.05) is 25.0 Å². The van der Waals surface area contributed by atoms with Crippen LogP contribution in [0, 0.1) is 11.8 Å². The number of amides is 2. The summed E-state index contributed by atoms with van der Waals surface area (Å²) in [5.74, 6) is 1.02. The van der Waals surface area contributed by atoms with E-state index in [1.807, 2.05) is 48.5 Å². The molecule has 172 valence electrons. The lowest BCUT2D eigenvalue weighted by Gasteiger charge is -2.44. The van der Waals surface area contributed by atoms with Crippen molar-refractivity contribution in [3.63, 3.8) is 0 Å². The standard InChI is InChI=1S/C26H27N3O3.ClH/c30-25(17-7-8-17)27-20-5-1-3-18(13-20)21-6-2-4-19-14-23(32-24(19)21)26(31)28-22-15-29-11-9-16(22)10-12-29;/h1-6,13-14,16-17,22H,7-12,15H2,(H,27,30)(H,28,31);1H/t22-;/m0./s1. The van der Waals surface area contributed by atoms with Crippen molar-refractivity contribution in [2.45, 2.75) is 31.7 Å². The molecule has 1 saturated carbocycles. The van der Waals surface area contributed by atoms with Crippen LogP contribution in [-0.2, 0) is 4.79 Å². The van der Waals surface area contributed by atoms with Crippen LogP contribution in [0.5, 0.6) is 0 Å². The zero-order valence-electron chi connectivity index (χ0n) is 18.4. The molecule has 2 aromatic carbocycles. The summed E-state index contributed by atoms with van der Waals surface area (Å²) in [6.07, 6.45) is 4.26. The number of rotatable bonds is 5. The number of halogens is 1. The lowest BCUT2D eigenvalue weighted by molar-refractivity contribution is -0.117. The van der Waals surface area contributed by atoms with Gasteiger partial charge in [-0.2, -0.15) is 0 Å². The van der Waals surface area contributed by atoms with Crippen LogP contribution in [0.1, 0.15) is 36.2 Å². The van der Waals surface area contributed by atoms with Gasteiger partial charge in [-0.25, -0.2) is 0 Å². The van der Waals surface area contributed by atoms with Crippen LogP contribution in [0.25, 0.3) is 22.1 Å². The van der Waals surface area contributed by atoms with Crippen molar-refractivity contribution in [1.29, 1.82) is 0 Å². The molecule has 33 heavy (non-hydrogen) atoms. The number of hydrogen-bond donors (Lipinski definition) is 2. The Bertz CT molecular complexity index is 1190. The molecule has 3 aromatic rings. The molecule has 6 nitrogen and oxygen atoms in total. The minimum Gasteiger partial charge on any atom is -0.450 e. The summed E-state index contributed by atoms with van der Waals surface area (Å²) in [5.41, 5.74) is 3.33. The third-order valence-electron chi connectivity index (χ3n) is 7.13. The molecule has 4 fully saturated rings. The zero-order valence-corrected chi connectivity index (χ0v) is 19.2. The van der Waals surface area contributed by atoms with Gasteiger partial charge in [0.25, 0.3) is 5.91 Å². The van der Waals surface area contributed by atoms with E-state index in [1.165, 1.54) is 0 Å². The molecule has 4 heterocycles. The molecular formula is C26H28ClN3O3. The van der Waals surface area contributed by atoms with Gasteiger partial charge in [0.15, 0.2) is 5.76 Å². The van der Waals surface area contributed by atoms with Gasteiger partial charge in [-0.15, -0.1) is 12.4 Å².